The highest BCUT2D eigenvalue weighted by atomic mass is 32.2. The van der Waals surface area contributed by atoms with Crippen molar-refractivity contribution >= 4 is 17.7 Å². The number of hydrogen-bond acceptors (Lipinski definition) is 2. The lowest BCUT2D eigenvalue weighted by molar-refractivity contribution is 0.0935. The van der Waals surface area contributed by atoms with Crippen LogP contribution in [0.15, 0.2) is 47.4 Å². The van der Waals surface area contributed by atoms with Gasteiger partial charge >= 0.3 is 0 Å². The molecule has 4 heteroatoms. The predicted octanol–water partition coefficient (Wildman–Crippen LogP) is 4.10. The van der Waals surface area contributed by atoms with E-state index in [0.717, 1.165) is 23.3 Å². The van der Waals surface area contributed by atoms with E-state index in [1.807, 2.05) is 37.3 Å². The number of carbonyl (C=O) groups excluding carboxylic acids is 1. The van der Waals surface area contributed by atoms with Crippen LogP contribution in [0.3, 0.4) is 0 Å². The van der Waals surface area contributed by atoms with Gasteiger partial charge in [-0.1, -0.05) is 29.8 Å². The minimum absolute atomic E-state index is 0.109. The van der Waals surface area contributed by atoms with Gasteiger partial charge in [-0.3, -0.25) is 4.79 Å². The summed E-state index contributed by atoms with van der Waals surface area (Å²) in [5.74, 6) is 0.501. The Bertz CT molecular complexity index is 669. The topological polar surface area (TPSA) is 29.1 Å². The van der Waals surface area contributed by atoms with Crippen LogP contribution in [0, 0.1) is 12.7 Å². The van der Waals surface area contributed by atoms with E-state index in [4.69, 9.17) is 0 Å². The second-order valence-corrected chi connectivity index (χ2v) is 6.29. The molecule has 0 radical (unpaired) electrons. The van der Waals surface area contributed by atoms with Crippen LogP contribution in [-0.2, 0) is 0 Å². The molecule has 1 atom stereocenters. The van der Waals surface area contributed by atoms with Crippen LogP contribution in [0.1, 0.15) is 33.9 Å². The van der Waals surface area contributed by atoms with Crippen LogP contribution in [0.5, 0.6) is 0 Å². The Morgan fingerprint density at radius 3 is 2.76 bits per heavy atom. The third kappa shape index (κ3) is 2.95. The number of nitrogens with one attached hydrogen (secondary N) is 1. The average Bonchev–Trinajstić information content (AvgIpc) is 2.49. The third-order valence-corrected chi connectivity index (χ3v) is 4.80. The fourth-order valence-electron chi connectivity index (χ4n) is 2.48. The molecule has 1 amide bonds. The minimum Gasteiger partial charge on any atom is -0.345 e. The Morgan fingerprint density at radius 2 is 2.00 bits per heavy atom. The lowest BCUT2D eigenvalue weighted by Gasteiger charge is -2.26. The summed E-state index contributed by atoms with van der Waals surface area (Å²) in [7, 11) is 0. The molecule has 2 aromatic carbocycles. The first kappa shape index (κ1) is 14.1. The first-order valence-corrected chi connectivity index (χ1v) is 7.92. The van der Waals surface area contributed by atoms with E-state index in [1.54, 1.807) is 6.07 Å². The molecule has 0 bridgehead atoms. The zero-order chi connectivity index (χ0) is 14.8. The van der Waals surface area contributed by atoms with Crippen molar-refractivity contribution < 1.29 is 9.18 Å². The Kier molecular flexibility index (Phi) is 3.97. The summed E-state index contributed by atoms with van der Waals surface area (Å²) in [5.41, 5.74) is 2.64. The lowest BCUT2D eigenvalue weighted by atomic mass is 10.0. The van der Waals surface area contributed by atoms with Gasteiger partial charge in [0.2, 0.25) is 0 Å². The van der Waals surface area contributed by atoms with E-state index in [2.05, 4.69) is 5.32 Å². The van der Waals surface area contributed by atoms with Crippen LogP contribution >= 0.6 is 11.8 Å². The maximum atomic E-state index is 13.8. The summed E-state index contributed by atoms with van der Waals surface area (Å²) in [6.45, 7) is 1.99. The molecule has 0 saturated carbocycles. The number of carbonyl (C=O) groups is 1. The van der Waals surface area contributed by atoms with E-state index in [1.165, 1.54) is 17.8 Å². The first-order chi connectivity index (χ1) is 10.1. The molecule has 0 saturated heterocycles. The van der Waals surface area contributed by atoms with Crippen LogP contribution in [0.2, 0.25) is 0 Å². The Hall–Kier alpha value is -1.81. The van der Waals surface area contributed by atoms with E-state index >= 15 is 0 Å². The highest BCUT2D eigenvalue weighted by Crippen LogP contribution is 2.37. The molecule has 1 heterocycles. The van der Waals surface area contributed by atoms with Crippen LogP contribution < -0.4 is 5.32 Å². The van der Waals surface area contributed by atoms with Crippen molar-refractivity contribution in [3.05, 3.63) is 65.0 Å². The molecular formula is C17H16FNOS. The van der Waals surface area contributed by atoms with E-state index < -0.39 is 0 Å². The SMILES string of the molecule is Cc1ccc(C(=O)NC2CCSc3c(F)cccc32)cc1. The average molecular weight is 301 g/mol. The van der Waals surface area contributed by atoms with Gasteiger partial charge in [0.15, 0.2) is 0 Å². The molecule has 108 valence electrons. The smallest absolute Gasteiger partial charge is 0.251 e. The fraction of sp³-hybridized carbons (Fsp3) is 0.235. The van der Waals surface area contributed by atoms with Gasteiger partial charge in [-0.2, -0.15) is 0 Å². The highest BCUT2D eigenvalue weighted by Gasteiger charge is 2.24. The molecule has 2 nitrogen and oxygen atoms in total. The van der Waals surface area contributed by atoms with Gasteiger partial charge in [0.05, 0.1) is 6.04 Å². The molecule has 1 unspecified atom stereocenters. The maximum Gasteiger partial charge on any atom is 0.251 e. The molecule has 2 aromatic rings. The normalized spacial score (nSPS) is 17.1. The molecule has 21 heavy (non-hydrogen) atoms. The Morgan fingerprint density at radius 1 is 1.24 bits per heavy atom. The van der Waals surface area contributed by atoms with Gasteiger partial charge in [0.1, 0.15) is 5.82 Å². The number of halogens is 1. The molecule has 0 fully saturated rings. The number of fused-ring (bicyclic) bond motifs is 1. The first-order valence-electron chi connectivity index (χ1n) is 6.94. The zero-order valence-electron chi connectivity index (χ0n) is 11.7. The molecule has 0 aliphatic carbocycles. The summed E-state index contributed by atoms with van der Waals surface area (Å²) in [4.78, 5) is 13.0. The van der Waals surface area contributed by atoms with Crippen LogP contribution in [0.25, 0.3) is 0 Å². The fourth-order valence-corrected chi connectivity index (χ4v) is 3.62. The van der Waals surface area contributed by atoms with Crippen molar-refractivity contribution in [1.29, 1.82) is 0 Å². The Balaban J connectivity index is 1.82. The summed E-state index contributed by atoms with van der Waals surface area (Å²) in [6.07, 6.45) is 0.818. The molecule has 1 aliphatic rings. The molecule has 0 aromatic heterocycles. The summed E-state index contributed by atoms with van der Waals surface area (Å²) >= 11 is 1.52. The number of rotatable bonds is 2. The van der Waals surface area contributed by atoms with Crippen molar-refractivity contribution in [3.8, 4) is 0 Å². The molecule has 1 aliphatic heterocycles. The van der Waals surface area contributed by atoms with E-state index in [9.17, 15) is 9.18 Å². The van der Waals surface area contributed by atoms with Crippen molar-refractivity contribution in [2.75, 3.05) is 5.75 Å². The Labute approximate surface area is 127 Å². The van der Waals surface area contributed by atoms with Crippen molar-refractivity contribution in [2.45, 2.75) is 24.3 Å². The summed E-state index contributed by atoms with van der Waals surface area (Å²) in [5, 5.41) is 3.02. The zero-order valence-corrected chi connectivity index (χ0v) is 12.5. The van der Waals surface area contributed by atoms with Gasteiger partial charge in [-0.15, -0.1) is 11.8 Å². The van der Waals surface area contributed by atoms with Gasteiger partial charge < -0.3 is 5.32 Å². The maximum absolute atomic E-state index is 13.8. The number of aryl methyl sites for hydroxylation is 1. The molecule has 3 rings (SSSR count). The molecule has 0 spiro atoms. The third-order valence-electron chi connectivity index (χ3n) is 3.64. The monoisotopic (exact) mass is 301 g/mol. The highest BCUT2D eigenvalue weighted by molar-refractivity contribution is 7.99. The molecular weight excluding hydrogens is 285 g/mol. The number of thioether (sulfide) groups is 1. The van der Waals surface area contributed by atoms with Crippen molar-refractivity contribution in [1.82, 2.24) is 5.32 Å². The minimum atomic E-state index is -0.202. The van der Waals surface area contributed by atoms with Crippen LogP contribution in [0.4, 0.5) is 4.39 Å². The predicted molar refractivity (Wildman–Crippen MR) is 83.1 cm³/mol. The van der Waals surface area contributed by atoms with Crippen molar-refractivity contribution in [2.24, 2.45) is 0 Å². The number of amides is 1. The second kappa shape index (κ2) is 5.90. The van der Waals surface area contributed by atoms with E-state index in [0.29, 0.717) is 10.5 Å². The largest absolute Gasteiger partial charge is 0.345 e. The van der Waals surface area contributed by atoms with Crippen LogP contribution in [-0.4, -0.2) is 11.7 Å². The summed E-state index contributed by atoms with van der Waals surface area (Å²) < 4.78 is 13.8. The van der Waals surface area contributed by atoms with Crippen molar-refractivity contribution in [3.63, 3.8) is 0 Å². The molecule has 1 N–H and O–H groups in total. The summed E-state index contributed by atoms with van der Waals surface area (Å²) in [6, 6.07) is 12.4. The lowest BCUT2D eigenvalue weighted by Crippen LogP contribution is -2.30. The van der Waals surface area contributed by atoms with E-state index in [-0.39, 0.29) is 17.8 Å². The second-order valence-electron chi connectivity index (χ2n) is 5.19. The van der Waals surface area contributed by atoms with Gasteiger partial charge in [0, 0.05) is 16.2 Å². The number of hydrogen-bond donors (Lipinski definition) is 1. The van der Waals surface area contributed by atoms with Gasteiger partial charge in [-0.05, 0) is 37.1 Å². The van der Waals surface area contributed by atoms with Gasteiger partial charge in [-0.25, -0.2) is 4.39 Å². The number of benzene rings is 2. The quantitative estimate of drug-likeness (QED) is 0.904. The standard InChI is InChI=1S/C17H16FNOS/c1-11-5-7-12(8-6-11)17(20)19-15-9-10-21-16-13(15)3-2-4-14(16)18/h2-8,15H,9-10H2,1H3,(H,19,20). The van der Waals surface area contributed by atoms with Gasteiger partial charge in [0.25, 0.3) is 5.91 Å².